The Labute approximate surface area is 142 Å². The lowest BCUT2D eigenvalue weighted by molar-refractivity contribution is 0.0992. The van der Waals surface area contributed by atoms with Gasteiger partial charge in [-0.25, -0.2) is 0 Å². The number of rotatable bonds is 5. The molecule has 1 heterocycles. The van der Waals surface area contributed by atoms with E-state index in [2.05, 4.69) is 46.3 Å². The molecule has 3 rings (SSSR count). The van der Waals surface area contributed by atoms with Gasteiger partial charge < -0.3 is 4.90 Å². The van der Waals surface area contributed by atoms with E-state index in [9.17, 15) is 4.79 Å². The average molecular weight is 316 g/mol. The lowest BCUT2D eigenvalue weighted by Crippen LogP contribution is -2.07. The SMILES string of the molecule is CN(C)c1ccc(-c2ccc(CC(=O)c3cccnc3)cc2)cc1. The summed E-state index contributed by atoms with van der Waals surface area (Å²) >= 11 is 0. The zero-order chi connectivity index (χ0) is 16.9. The Hall–Kier alpha value is -2.94. The minimum atomic E-state index is 0.0891. The number of hydrogen-bond donors (Lipinski definition) is 0. The van der Waals surface area contributed by atoms with Crippen molar-refractivity contribution in [2.45, 2.75) is 6.42 Å². The van der Waals surface area contributed by atoms with Crippen LogP contribution in [-0.4, -0.2) is 24.9 Å². The van der Waals surface area contributed by atoms with E-state index < -0.39 is 0 Å². The molecular weight excluding hydrogens is 296 g/mol. The molecule has 0 fully saturated rings. The maximum atomic E-state index is 12.2. The van der Waals surface area contributed by atoms with Crippen LogP contribution in [0.4, 0.5) is 5.69 Å². The van der Waals surface area contributed by atoms with Gasteiger partial charge in [-0.1, -0.05) is 36.4 Å². The number of Topliss-reactive ketones (excluding diaryl/α,β-unsaturated/α-hetero) is 1. The normalized spacial score (nSPS) is 10.4. The van der Waals surface area contributed by atoms with E-state index in [0.29, 0.717) is 12.0 Å². The summed E-state index contributed by atoms with van der Waals surface area (Å²) < 4.78 is 0. The summed E-state index contributed by atoms with van der Waals surface area (Å²) in [5, 5.41) is 0. The Bertz CT molecular complexity index is 807. The molecule has 0 aliphatic rings. The van der Waals surface area contributed by atoms with Crippen molar-refractivity contribution in [3.8, 4) is 11.1 Å². The van der Waals surface area contributed by atoms with Crippen LogP contribution >= 0.6 is 0 Å². The van der Waals surface area contributed by atoms with Crippen molar-refractivity contribution in [1.82, 2.24) is 4.98 Å². The summed E-state index contributed by atoms with van der Waals surface area (Å²) in [5.41, 5.74) is 5.17. The van der Waals surface area contributed by atoms with Crippen molar-refractivity contribution in [3.63, 3.8) is 0 Å². The van der Waals surface area contributed by atoms with Crippen LogP contribution in [0.2, 0.25) is 0 Å². The van der Waals surface area contributed by atoms with Crippen molar-refractivity contribution in [1.29, 1.82) is 0 Å². The molecule has 0 spiro atoms. The average Bonchev–Trinajstić information content (AvgIpc) is 2.63. The number of hydrogen-bond acceptors (Lipinski definition) is 3. The molecule has 3 aromatic rings. The third-order valence-electron chi connectivity index (χ3n) is 4.02. The van der Waals surface area contributed by atoms with Gasteiger partial charge in [0.05, 0.1) is 0 Å². The van der Waals surface area contributed by atoms with Gasteiger partial charge in [0.2, 0.25) is 0 Å². The van der Waals surface area contributed by atoms with Crippen molar-refractivity contribution >= 4 is 11.5 Å². The largest absolute Gasteiger partial charge is 0.378 e. The topological polar surface area (TPSA) is 33.2 Å². The highest BCUT2D eigenvalue weighted by molar-refractivity contribution is 5.97. The number of aromatic nitrogens is 1. The highest BCUT2D eigenvalue weighted by Crippen LogP contribution is 2.23. The quantitative estimate of drug-likeness (QED) is 0.660. The standard InChI is InChI=1S/C21H20N2O/c1-23(2)20-11-9-18(10-12-20)17-7-5-16(6-8-17)14-21(24)19-4-3-13-22-15-19/h3-13,15H,14H2,1-2H3. The van der Waals surface area contributed by atoms with Crippen LogP contribution < -0.4 is 4.90 Å². The molecule has 0 saturated heterocycles. The third-order valence-corrected chi connectivity index (χ3v) is 4.02. The smallest absolute Gasteiger partial charge is 0.168 e. The number of ketones is 1. The van der Waals surface area contributed by atoms with E-state index in [1.165, 1.54) is 11.3 Å². The van der Waals surface area contributed by atoms with E-state index in [0.717, 1.165) is 11.1 Å². The molecule has 0 amide bonds. The number of pyridine rings is 1. The van der Waals surface area contributed by atoms with Gasteiger partial charge in [0.1, 0.15) is 0 Å². The molecule has 0 unspecified atom stereocenters. The maximum Gasteiger partial charge on any atom is 0.168 e. The van der Waals surface area contributed by atoms with Gasteiger partial charge in [-0.05, 0) is 41.0 Å². The van der Waals surface area contributed by atoms with Crippen LogP contribution in [-0.2, 0) is 6.42 Å². The van der Waals surface area contributed by atoms with Crippen molar-refractivity contribution in [2.75, 3.05) is 19.0 Å². The number of anilines is 1. The first-order valence-electron chi connectivity index (χ1n) is 7.93. The molecule has 2 aromatic carbocycles. The first-order valence-corrected chi connectivity index (χ1v) is 7.93. The molecule has 0 saturated carbocycles. The van der Waals surface area contributed by atoms with E-state index in [-0.39, 0.29) is 5.78 Å². The van der Waals surface area contributed by atoms with Crippen LogP contribution in [0, 0.1) is 0 Å². The van der Waals surface area contributed by atoms with Crippen molar-refractivity contribution in [3.05, 3.63) is 84.2 Å². The second kappa shape index (κ2) is 7.09. The zero-order valence-electron chi connectivity index (χ0n) is 13.9. The number of benzene rings is 2. The predicted molar refractivity (Wildman–Crippen MR) is 98.5 cm³/mol. The summed E-state index contributed by atoms with van der Waals surface area (Å²) in [5.74, 6) is 0.0891. The van der Waals surface area contributed by atoms with Gasteiger partial charge in [0, 0.05) is 44.2 Å². The molecule has 0 aliphatic heterocycles. The fourth-order valence-corrected chi connectivity index (χ4v) is 2.58. The first kappa shape index (κ1) is 15.9. The van der Waals surface area contributed by atoms with Gasteiger partial charge in [0.15, 0.2) is 5.78 Å². The van der Waals surface area contributed by atoms with E-state index in [4.69, 9.17) is 0 Å². The molecule has 3 nitrogen and oxygen atoms in total. The monoisotopic (exact) mass is 316 g/mol. The minimum absolute atomic E-state index is 0.0891. The molecule has 1 aromatic heterocycles. The Morgan fingerprint density at radius 1 is 0.917 bits per heavy atom. The second-order valence-corrected chi connectivity index (χ2v) is 5.98. The Kier molecular flexibility index (Phi) is 4.71. The Balaban J connectivity index is 1.72. The number of carbonyl (C=O) groups is 1. The van der Waals surface area contributed by atoms with Crippen LogP contribution in [0.25, 0.3) is 11.1 Å². The summed E-state index contributed by atoms with van der Waals surface area (Å²) in [4.78, 5) is 18.3. The lowest BCUT2D eigenvalue weighted by atomic mass is 10.00. The van der Waals surface area contributed by atoms with Gasteiger partial charge >= 0.3 is 0 Å². The summed E-state index contributed by atoms with van der Waals surface area (Å²) in [7, 11) is 4.06. The molecule has 0 atom stereocenters. The van der Waals surface area contributed by atoms with Crippen LogP contribution in [0.5, 0.6) is 0 Å². The minimum Gasteiger partial charge on any atom is -0.378 e. The fourth-order valence-electron chi connectivity index (χ4n) is 2.58. The van der Waals surface area contributed by atoms with E-state index in [1.807, 2.05) is 26.2 Å². The fraction of sp³-hybridized carbons (Fsp3) is 0.143. The molecule has 0 radical (unpaired) electrons. The number of carbonyl (C=O) groups excluding carboxylic acids is 1. The first-order chi connectivity index (χ1) is 11.6. The zero-order valence-corrected chi connectivity index (χ0v) is 13.9. The molecule has 120 valence electrons. The van der Waals surface area contributed by atoms with Crippen LogP contribution in [0.15, 0.2) is 73.1 Å². The number of nitrogens with zero attached hydrogens (tertiary/aromatic N) is 2. The van der Waals surface area contributed by atoms with Crippen LogP contribution in [0.3, 0.4) is 0 Å². The summed E-state index contributed by atoms with van der Waals surface area (Å²) in [6.45, 7) is 0. The third kappa shape index (κ3) is 3.69. The van der Waals surface area contributed by atoms with Gasteiger partial charge in [0.25, 0.3) is 0 Å². The Morgan fingerprint density at radius 3 is 2.08 bits per heavy atom. The van der Waals surface area contributed by atoms with Crippen molar-refractivity contribution < 1.29 is 4.79 Å². The van der Waals surface area contributed by atoms with Gasteiger partial charge in [-0.15, -0.1) is 0 Å². The van der Waals surface area contributed by atoms with Crippen LogP contribution in [0.1, 0.15) is 15.9 Å². The highest BCUT2D eigenvalue weighted by atomic mass is 16.1. The molecule has 0 bridgehead atoms. The molecule has 24 heavy (non-hydrogen) atoms. The molecule has 0 aliphatic carbocycles. The maximum absolute atomic E-state index is 12.2. The predicted octanol–water partition coefficient (Wildman–Crippen LogP) is 4.24. The lowest BCUT2D eigenvalue weighted by Gasteiger charge is -2.12. The molecule has 3 heteroatoms. The van der Waals surface area contributed by atoms with Gasteiger partial charge in [-0.2, -0.15) is 0 Å². The van der Waals surface area contributed by atoms with E-state index >= 15 is 0 Å². The van der Waals surface area contributed by atoms with E-state index in [1.54, 1.807) is 24.5 Å². The highest BCUT2D eigenvalue weighted by Gasteiger charge is 2.07. The summed E-state index contributed by atoms with van der Waals surface area (Å²) in [6.07, 6.45) is 3.68. The Morgan fingerprint density at radius 2 is 1.54 bits per heavy atom. The molecule has 0 N–H and O–H groups in total. The van der Waals surface area contributed by atoms with Crippen molar-refractivity contribution in [2.24, 2.45) is 0 Å². The molecular formula is C21H20N2O. The van der Waals surface area contributed by atoms with Gasteiger partial charge in [-0.3, -0.25) is 9.78 Å². The second-order valence-electron chi connectivity index (χ2n) is 5.98. The summed E-state index contributed by atoms with van der Waals surface area (Å²) in [6, 6.07) is 20.2.